The van der Waals surface area contributed by atoms with E-state index in [4.69, 9.17) is 5.11 Å². The minimum Gasteiger partial charge on any atom is -0.394 e. The van der Waals surface area contributed by atoms with E-state index in [1.165, 1.54) is 0 Å². The van der Waals surface area contributed by atoms with Gasteiger partial charge in [-0.3, -0.25) is 9.79 Å². The van der Waals surface area contributed by atoms with Crippen LogP contribution < -0.4 is 15.9 Å². The van der Waals surface area contributed by atoms with Crippen LogP contribution in [0.1, 0.15) is 0 Å². The highest BCUT2D eigenvalue weighted by atomic mass is 16.3. The fourth-order valence-corrected chi connectivity index (χ4v) is 3.17. The van der Waals surface area contributed by atoms with E-state index >= 15 is 0 Å². The number of hydrogen-bond donors (Lipinski definition) is 2. The summed E-state index contributed by atoms with van der Waals surface area (Å²) in [6.07, 6.45) is 0. The molecule has 1 aromatic rings. The van der Waals surface area contributed by atoms with Crippen LogP contribution >= 0.6 is 0 Å². The topological polar surface area (TPSA) is 85.5 Å². The Morgan fingerprint density at radius 2 is 2.00 bits per heavy atom. The molecule has 5 nitrogen and oxygen atoms in total. The fourth-order valence-electron chi connectivity index (χ4n) is 3.17. The third-order valence-electron chi connectivity index (χ3n) is 4.02. The van der Waals surface area contributed by atoms with Gasteiger partial charge in [0.25, 0.3) is 5.91 Å². The van der Waals surface area contributed by atoms with Gasteiger partial charge in [-0.25, -0.2) is 0 Å². The van der Waals surface area contributed by atoms with E-state index in [1.807, 2.05) is 36.4 Å². The molecule has 0 saturated carbocycles. The second-order valence-corrected chi connectivity index (χ2v) is 5.16. The summed E-state index contributed by atoms with van der Waals surface area (Å²) in [5.41, 5.74) is 0.869. The number of anilines is 1. The molecule has 0 aromatic heterocycles. The zero-order valence-corrected chi connectivity index (χ0v) is 11.6. The van der Waals surface area contributed by atoms with Crippen molar-refractivity contribution in [1.82, 2.24) is 0 Å². The van der Waals surface area contributed by atoms with E-state index < -0.39 is 0 Å². The Bertz CT molecular complexity index is 1140. The molecule has 1 aliphatic heterocycles. The number of nitrogens with zero attached hydrogens (tertiary/aromatic N) is 2. The summed E-state index contributed by atoms with van der Waals surface area (Å²) in [5.74, 6) is -0.343. The van der Waals surface area contributed by atoms with Crippen molar-refractivity contribution in [3.05, 3.63) is 51.3 Å². The number of aliphatic hydroxyl groups is 1. The summed E-state index contributed by atoms with van der Waals surface area (Å²) < 4.78 is 0. The van der Waals surface area contributed by atoms with E-state index in [-0.39, 0.29) is 18.1 Å². The van der Waals surface area contributed by atoms with E-state index in [0.29, 0.717) is 17.5 Å². The van der Waals surface area contributed by atoms with Gasteiger partial charge in [-0.05, 0) is 11.3 Å². The maximum atomic E-state index is 11.9. The lowest BCUT2D eigenvalue weighted by Crippen LogP contribution is -2.10. The molecule has 3 aliphatic rings. The Morgan fingerprint density at radius 1 is 1.18 bits per heavy atom. The molecule has 2 N–H and O–H groups in total. The van der Waals surface area contributed by atoms with Crippen LogP contribution in [0.15, 0.2) is 35.3 Å². The van der Waals surface area contributed by atoms with Crippen molar-refractivity contribution < 1.29 is 9.90 Å². The monoisotopic (exact) mass is 289 g/mol. The van der Waals surface area contributed by atoms with Crippen molar-refractivity contribution in [2.75, 3.05) is 18.5 Å². The molecule has 1 amide bonds. The second kappa shape index (κ2) is 4.52. The number of hydrogen-bond acceptors (Lipinski definition) is 4. The quantitative estimate of drug-likeness (QED) is 0.708. The summed E-state index contributed by atoms with van der Waals surface area (Å²) in [7, 11) is 0. The predicted octanol–water partition coefficient (Wildman–Crippen LogP) is 0.241. The average molecular weight is 289 g/mol. The Morgan fingerprint density at radius 3 is 2.77 bits per heavy atom. The molecule has 4 rings (SSSR count). The summed E-state index contributed by atoms with van der Waals surface area (Å²) in [4.78, 5) is 16.3. The van der Waals surface area contributed by atoms with Crippen LogP contribution in [0.2, 0.25) is 0 Å². The van der Waals surface area contributed by atoms with Gasteiger partial charge in [-0.15, -0.1) is 0 Å². The van der Waals surface area contributed by atoms with Gasteiger partial charge in [-0.1, -0.05) is 24.3 Å². The standard InChI is InChI=1S/C17H11N3O2/c18-8-12-15-10-4-5-13(19-6-7-21)9-2-1-3-11(14(9)10)16(15)20-17(12)22/h1-5,21H,6-7H2,(H,20,22). The molecule has 1 aromatic carbocycles. The van der Waals surface area contributed by atoms with E-state index in [2.05, 4.69) is 10.3 Å². The Labute approximate surface area is 124 Å². The third-order valence-corrected chi connectivity index (χ3v) is 4.02. The molecule has 1 heterocycles. The van der Waals surface area contributed by atoms with Gasteiger partial charge in [0, 0.05) is 21.2 Å². The van der Waals surface area contributed by atoms with Gasteiger partial charge in [0.1, 0.15) is 11.6 Å². The summed E-state index contributed by atoms with van der Waals surface area (Å²) in [6.45, 7) is 0.345. The van der Waals surface area contributed by atoms with Gasteiger partial charge in [0.15, 0.2) is 0 Å². The van der Waals surface area contributed by atoms with Gasteiger partial charge < -0.3 is 10.4 Å². The third kappa shape index (κ3) is 1.50. The zero-order chi connectivity index (χ0) is 15.3. The van der Waals surface area contributed by atoms with Crippen LogP contribution in [0, 0.1) is 21.8 Å². The van der Waals surface area contributed by atoms with Crippen LogP contribution in [-0.2, 0) is 4.79 Å². The molecule has 22 heavy (non-hydrogen) atoms. The minimum atomic E-state index is -0.343. The van der Waals surface area contributed by atoms with Gasteiger partial charge >= 0.3 is 0 Å². The molecule has 0 atom stereocenters. The molecule has 0 fully saturated rings. The number of carbonyl (C=O) groups is 1. The normalized spacial score (nSPS) is 14.6. The van der Waals surface area contributed by atoms with E-state index in [9.17, 15) is 10.1 Å². The lowest BCUT2D eigenvalue weighted by Gasteiger charge is -2.00. The SMILES string of the molecule is N#CC1=c2c(c3cccc4c(=NCCO)ccc2=c34)NC1=O. The maximum absolute atomic E-state index is 11.9. The maximum Gasteiger partial charge on any atom is 0.267 e. The number of amides is 1. The number of rotatable bonds is 2. The first kappa shape index (κ1) is 12.7. The fraction of sp³-hybridized carbons (Fsp3) is 0.118. The lowest BCUT2D eigenvalue weighted by molar-refractivity contribution is -0.110. The highest BCUT2D eigenvalue weighted by Gasteiger charge is 2.25. The smallest absolute Gasteiger partial charge is 0.267 e. The van der Waals surface area contributed by atoms with Crippen molar-refractivity contribution in [2.45, 2.75) is 0 Å². The number of carbonyl (C=O) groups excluding carboxylic acids is 1. The van der Waals surface area contributed by atoms with Crippen LogP contribution in [0.5, 0.6) is 0 Å². The summed E-state index contributed by atoms with van der Waals surface area (Å²) in [6, 6.07) is 11.6. The molecular weight excluding hydrogens is 278 g/mol. The van der Waals surface area contributed by atoms with Crippen molar-refractivity contribution in [3.8, 4) is 6.07 Å². The molecule has 0 bridgehead atoms. The first-order valence-electron chi connectivity index (χ1n) is 6.94. The molecule has 0 unspecified atom stereocenters. The first-order valence-corrected chi connectivity index (χ1v) is 6.94. The van der Waals surface area contributed by atoms with Gasteiger partial charge in [0.2, 0.25) is 0 Å². The second-order valence-electron chi connectivity index (χ2n) is 5.16. The first-order chi connectivity index (χ1) is 10.8. The van der Waals surface area contributed by atoms with Gasteiger partial charge in [0.05, 0.1) is 24.2 Å². The lowest BCUT2D eigenvalue weighted by atomic mass is 10.1. The van der Waals surface area contributed by atoms with E-state index in [0.717, 1.165) is 26.6 Å². The van der Waals surface area contributed by atoms with Crippen LogP contribution in [0.25, 0.3) is 16.3 Å². The van der Waals surface area contributed by atoms with Crippen LogP contribution in [0.3, 0.4) is 0 Å². The molecule has 0 radical (unpaired) electrons. The Balaban J connectivity index is 2.30. The molecule has 0 spiro atoms. The highest BCUT2D eigenvalue weighted by molar-refractivity contribution is 6.30. The molecule has 2 aliphatic carbocycles. The van der Waals surface area contributed by atoms with Crippen molar-refractivity contribution in [3.63, 3.8) is 0 Å². The molecule has 106 valence electrons. The molecular formula is C17H11N3O2. The number of aliphatic hydroxyl groups excluding tert-OH is 1. The Kier molecular flexibility index (Phi) is 2.62. The highest BCUT2D eigenvalue weighted by Crippen LogP contribution is 2.25. The van der Waals surface area contributed by atoms with Crippen molar-refractivity contribution in [2.24, 2.45) is 4.99 Å². The largest absolute Gasteiger partial charge is 0.394 e. The number of benzene rings is 1. The average Bonchev–Trinajstić information content (AvgIpc) is 3.02. The number of nitriles is 1. The van der Waals surface area contributed by atoms with Crippen LogP contribution in [-0.4, -0.2) is 24.2 Å². The minimum absolute atomic E-state index is 0.000100. The Hall–Kier alpha value is -2.97. The van der Waals surface area contributed by atoms with Gasteiger partial charge in [-0.2, -0.15) is 5.26 Å². The van der Waals surface area contributed by atoms with E-state index in [1.54, 1.807) is 0 Å². The summed E-state index contributed by atoms with van der Waals surface area (Å²) >= 11 is 0. The zero-order valence-electron chi connectivity index (χ0n) is 11.6. The number of nitrogens with one attached hydrogen (secondary N) is 1. The molecule has 0 saturated heterocycles. The predicted molar refractivity (Wildman–Crippen MR) is 80.8 cm³/mol. The summed E-state index contributed by atoms with van der Waals surface area (Å²) in [5, 5.41) is 26.3. The van der Waals surface area contributed by atoms with Crippen molar-refractivity contribution in [1.29, 1.82) is 5.26 Å². The van der Waals surface area contributed by atoms with Crippen molar-refractivity contribution >= 4 is 27.9 Å². The molecule has 5 heteroatoms. The number of fused-ring (bicyclic) bond motifs is 3. The van der Waals surface area contributed by atoms with Crippen LogP contribution in [0.4, 0.5) is 5.69 Å².